The van der Waals surface area contributed by atoms with Gasteiger partial charge in [-0.05, 0) is 6.42 Å². The Labute approximate surface area is 124 Å². The molecule has 20 heavy (non-hydrogen) atoms. The minimum Gasteiger partial charge on any atom is -0.386 e. The van der Waals surface area contributed by atoms with Crippen LogP contribution < -0.4 is 0 Å². The van der Waals surface area contributed by atoms with Gasteiger partial charge in [-0.15, -0.1) is 0 Å². The van der Waals surface area contributed by atoms with Crippen molar-refractivity contribution in [3.05, 3.63) is 22.7 Å². The Bertz CT molecular complexity index is 513. The van der Waals surface area contributed by atoms with E-state index in [4.69, 9.17) is 11.6 Å². The summed E-state index contributed by atoms with van der Waals surface area (Å²) >= 11 is 6.02. The lowest BCUT2D eigenvalue weighted by molar-refractivity contribution is -0.0861. The number of nitrogens with zero attached hydrogens (tertiary/aromatic N) is 3. The smallest absolute Gasteiger partial charge is 0.274 e. The van der Waals surface area contributed by atoms with Crippen molar-refractivity contribution in [1.29, 1.82) is 0 Å². The highest BCUT2D eigenvalue weighted by Gasteiger charge is 2.43. The molecule has 0 aliphatic carbocycles. The van der Waals surface area contributed by atoms with Crippen LogP contribution in [-0.4, -0.2) is 44.6 Å². The number of carbonyl (C=O) groups is 1. The van der Waals surface area contributed by atoms with Crippen LogP contribution in [0, 0.1) is 0 Å². The second-order valence-corrected chi connectivity index (χ2v) is 6.12. The first-order valence-corrected chi connectivity index (χ1v) is 7.28. The van der Waals surface area contributed by atoms with Crippen molar-refractivity contribution in [2.45, 2.75) is 45.1 Å². The van der Waals surface area contributed by atoms with Crippen LogP contribution in [0.3, 0.4) is 0 Å². The summed E-state index contributed by atoms with van der Waals surface area (Å²) < 4.78 is 0. The summed E-state index contributed by atoms with van der Waals surface area (Å²) in [7, 11) is 0. The molecule has 0 saturated carbocycles. The zero-order valence-corrected chi connectivity index (χ0v) is 12.8. The predicted octanol–water partition coefficient (Wildman–Crippen LogP) is 2.24. The molecule has 1 aromatic rings. The molecular weight excluding hydrogens is 278 g/mol. The molecule has 1 saturated heterocycles. The maximum atomic E-state index is 12.4. The fourth-order valence-electron chi connectivity index (χ4n) is 2.39. The molecule has 0 spiro atoms. The topological polar surface area (TPSA) is 66.3 Å². The third kappa shape index (κ3) is 2.94. The molecular formula is C14H20ClN3O2. The summed E-state index contributed by atoms with van der Waals surface area (Å²) in [6.45, 7) is 6.62. The lowest BCUT2D eigenvalue weighted by Crippen LogP contribution is -2.63. The van der Waals surface area contributed by atoms with Gasteiger partial charge in [0.25, 0.3) is 5.91 Å². The van der Waals surface area contributed by atoms with Crippen molar-refractivity contribution in [3.8, 4) is 0 Å². The number of carbonyl (C=O) groups excluding carboxylic acids is 1. The number of aromatic nitrogens is 2. The zero-order chi connectivity index (χ0) is 14.9. The molecule has 0 aromatic carbocycles. The standard InChI is InChI=1S/C14H20ClN3O2/c1-4-5-14(20)7-18(8-14)13(19)11-10(15)6-16-12(17-11)9(2)3/h6,9,20H,4-5,7-8H2,1-3H3. The van der Waals surface area contributed by atoms with Gasteiger partial charge in [0.05, 0.1) is 29.9 Å². The Hall–Kier alpha value is -1.20. The van der Waals surface area contributed by atoms with Crippen LogP contribution in [0.15, 0.2) is 6.20 Å². The number of hydrogen-bond donors (Lipinski definition) is 1. The maximum Gasteiger partial charge on any atom is 0.274 e. The van der Waals surface area contributed by atoms with Crippen LogP contribution in [0.25, 0.3) is 0 Å². The molecule has 0 bridgehead atoms. The lowest BCUT2D eigenvalue weighted by atomic mass is 9.89. The van der Waals surface area contributed by atoms with E-state index in [0.29, 0.717) is 25.3 Å². The highest BCUT2D eigenvalue weighted by atomic mass is 35.5. The molecule has 2 heterocycles. The molecule has 110 valence electrons. The zero-order valence-electron chi connectivity index (χ0n) is 12.1. The fourth-order valence-corrected chi connectivity index (χ4v) is 2.56. The normalized spacial score (nSPS) is 17.2. The Morgan fingerprint density at radius 2 is 2.20 bits per heavy atom. The monoisotopic (exact) mass is 297 g/mol. The van der Waals surface area contributed by atoms with Crippen molar-refractivity contribution >= 4 is 17.5 Å². The average Bonchev–Trinajstić information content (AvgIpc) is 2.35. The number of β-amino-alcohol motifs (C(OH)–C–C–N with tert-alkyl or cyclic N) is 1. The van der Waals surface area contributed by atoms with Crippen molar-refractivity contribution in [2.24, 2.45) is 0 Å². The van der Waals surface area contributed by atoms with E-state index in [1.165, 1.54) is 6.20 Å². The van der Waals surface area contributed by atoms with E-state index in [0.717, 1.165) is 6.42 Å². The number of hydrogen-bond acceptors (Lipinski definition) is 4. The third-order valence-corrected chi connectivity index (χ3v) is 3.73. The summed E-state index contributed by atoms with van der Waals surface area (Å²) in [5.74, 6) is 0.495. The van der Waals surface area contributed by atoms with Crippen molar-refractivity contribution in [3.63, 3.8) is 0 Å². The molecule has 1 N–H and O–H groups in total. The molecule has 1 aliphatic rings. The Morgan fingerprint density at radius 1 is 1.55 bits per heavy atom. The van der Waals surface area contributed by atoms with E-state index >= 15 is 0 Å². The molecule has 0 atom stereocenters. The fraction of sp³-hybridized carbons (Fsp3) is 0.643. The van der Waals surface area contributed by atoms with Crippen LogP contribution in [0.4, 0.5) is 0 Å². The molecule has 1 aliphatic heterocycles. The number of rotatable bonds is 4. The molecule has 1 fully saturated rings. The first-order valence-electron chi connectivity index (χ1n) is 6.90. The van der Waals surface area contributed by atoms with Gasteiger partial charge >= 0.3 is 0 Å². The minimum atomic E-state index is -0.745. The van der Waals surface area contributed by atoms with E-state index < -0.39 is 5.60 Å². The van der Waals surface area contributed by atoms with Crippen molar-refractivity contribution in [1.82, 2.24) is 14.9 Å². The van der Waals surface area contributed by atoms with E-state index in [1.54, 1.807) is 4.90 Å². The van der Waals surface area contributed by atoms with Crippen molar-refractivity contribution in [2.75, 3.05) is 13.1 Å². The molecule has 2 rings (SSSR count). The molecule has 6 heteroatoms. The Balaban J connectivity index is 2.13. The summed E-state index contributed by atoms with van der Waals surface area (Å²) in [6.07, 6.45) is 3.06. The number of aliphatic hydroxyl groups is 1. The van der Waals surface area contributed by atoms with Gasteiger partial charge in [0.2, 0.25) is 0 Å². The second-order valence-electron chi connectivity index (χ2n) is 5.72. The van der Waals surface area contributed by atoms with Gasteiger partial charge in [-0.25, -0.2) is 9.97 Å². The van der Waals surface area contributed by atoms with E-state index in [-0.39, 0.29) is 22.5 Å². The van der Waals surface area contributed by atoms with Gasteiger partial charge in [-0.2, -0.15) is 0 Å². The summed E-state index contributed by atoms with van der Waals surface area (Å²) in [4.78, 5) is 22.3. The SMILES string of the molecule is CCCC1(O)CN(C(=O)c2nc(C(C)C)ncc2Cl)C1. The maximum absolute atomic E-state index is 12.4. The highest BCUT2D eigenvalue weighted by molar-refractivity contribution is 6.33. The molecule has 1 amide bonds. The average molecular weight is 298 g/mol. The number of halogens is 1. The lowest BCUT2D eigenvalue weighted by Gasteiger charge is -2.46. The molecule has 0 unspecified atom stereocenters. The van der Waals surface area contributed by atoms with Crippen LogP contribution in [-0.2, 0) is 0 Å². The van der Waals surface area contributed by atoms with Crippen molar-refractivity contribution < 1.29 is 9.90 Å². The van der Waals surface area contributed by atoms with Crippen LogP contribution in [0.1, 0.15) is 55.8 Å². The van der Waals surface area contributed by atoms with Gasteiger partial charge in [0, 0.05) is 5.92 Å². The van der Waals surface area contributed by atoms with Crippen LogP contribution in [0.2, 0.25) is 5.02 Å². The first-order chi connectivity index (χ1) is 9.36. The van der Waals surface area contributed by atoms with Gasteiger partial charge in [-0.1, -0.05) is 38.8 Å². The van der Waals surface area contributed by atoms with E-state index in [1.807, 2.05) is 20.8 Å². The summed E-state index contributed by atoms with van der Waals surface area (Å²) in [5, 5.41) is 10.4. The van der Waals surface area contributed by atoms with Gasteiger partial charge < -0.3 is 10.0 Å². The van der Waals surface area contributed by atoms with E-state index in [9.17, 15) is 9.90 Å². The molecule has 0 radical (unpaired) electrons. The Morgan fingerprint density at radius 3 is 2.75 bits per heavy atom. The van der Waals surface area contributed by atoms with E-state index in [2.05, 4.69) is 9.97 Å². The number of amides is 1. The van der Waals surface area contributed by atoms with Gasteiger partial charge in [-0.3, -0.25) is 4.79 Å². The van der Waals surface area contributed by atoms with Crippen LogP contribution >= 0.6 is 11.6 Å². The third-order valence-electron chi connectivity index (χ3n) is 3.45. The summed E-state index contributed by atoms with van der Waals surface area (Å²) in [6, 6.07) is 0. The Kier molecular flexibility index (Phi) is 4.30. The number of likely N-dealkylation sites (tertiary alicyclic amines) is 1. The first kappa shape index (κ1) is 15.2. The van der Waals surface area contributed by atoms with Gasteiger partial charge in [0.15, 0.2) is 5.69 Å². The highest BCUT2D eigenvalue weighted by Crippen LogP contribution is 2.28. The predicted molar refractivity (Wildman–Crippen MR) is 76.9 cm³/mol. The summed E-state index contributed by atoms with van der Waals surface area (Å²) in [5.41, 5.74) is -0.519. The second kappa shape index (κ2) is 5.66. The quantitative estimate of drug-likeness (QED) is 0.925. The molecule has 1 aromatic heterocycles. The minimum absolute atomic E-state index is 0.132. The molecule has 5 nitrogen and oxygen atoms in total. The largest absolute Gasteiger partial charge is 0.386 e. The van der Waals surface area contributed by atoms with Crippen LogP contribution in [0.5, 0.6) is 0 Å². The van der Waals surface area contributed by atoms with Gasteiger partial charge in [0.1, 0.15) is 5.82 Å².